The number of benzene rings is 2. The average Bonchev–Trinajstić information content (AvgIpc) is 3.39. The predicted molar refractivity (Wildman–Crippen MR) is 112 cm³/mol. The quantitative estimate of drug-likeness (QED) is 0.667. The molecule has 1 fully saturated rings. The largest absolute Gasteiger partial charge is 0.487 e. The SMILES string of the molecule is Cc1c(C(=O)Nc2ccc(OC3CCOC3)c(C#N)c2)cnn1-c1ccc(Cl)cc1. The van der Waals surface area contributed by atoms with Crippen LogP contribution in [0.5, 0.6) is 5.75 Å². The number of aromatic nitrogens is 2. The number of ether oxygens (including phenoxy) is 2. The normalized spacial score (nSPS) is 15.6. The van der Waals surface area contributed by atoms with Gasteiger partial charge in [-0.1, -0.05) is 11.6 Å². The summed E-state index contributed by atoms with van der Waals surface area (Å²) in [5.74, 6) is 0.173. The number of nitrogens with zero attached hydrogens (tertiary/aromatic N) is 3. The second kappa shape index (κ2) is 8.57. The van der Waals surface area contributed by atoms with Crippen LogP contribution in [-0.4, -0.2) is 35.0 Å². The maximum absolute atomic E-state index is 12.8. The molecule has 1 atom stereocenters. The van der Waals surface area contributed by atoms with E-state index >= 15 is 0 Å². The van der Waals surface area contributed by atoms with Crippen molar-refractivity contribution in [2.45, 2.75) is 19.4 Å². The van der Waals surface area contributed by atoms with E-state index in [4.69, 9.17) is 21.1 Å². The lowest BCUT2D eigenvalue weighted by Gasteiger charge is -2.14. The van der Waals surface area contributed by atoms with Crippen LogP contribution in [0.3, 0.4) is 0 Å². The van der Waals surface area contributed by atoms with E-state index in [2.05, 4.69) is 16.5 Å². The minimum absolute atomic E-state index is 0.0566. The molecule has 8 heteroatoms. The van der Waals surface area contributed by atoms with Crippen molar-refractivity contribution in [3.63, 3.8) is 0 Å². The van der Waals surface area contributed by atoms with E-state index in [-0.39, 0.29) is 12.0 Å². The predicted octanol–water partition coefficient (Wildman–Crippen LogP) is 4.13. The molecule has 4 rings (SSSR count). The van der Waals surface area contributed by atoms with Crippen molar-refractivity contribution in [1.29, 1.82) is 5.26 Å². The number of carbonyl (C=O) groups excluding carboxylic acids is 1. The Balaban J connectivity index is 1.51. The molecule has 1 N–H and O–H groups in total. The Hall–Kier alpha value is -3.34. The Labute approximate surface area is 178 Å². The number of hydrogen-bond acceptors (Lipinski definition) is 5. The highest BCUT2D eigenvalue weighted by Crippen LogP contribution is 2.26. The molecule has 1 aliphatic heterocycles. The first-order valence-electron chi connectivity index (χ1n) is 9.45. The second-order valence-corrected chi connectivity index (χ2v) is 7.35. The maximum atomic E-state index is 12.8. The second-order valence-electron chi connectivity index (χ2n) is 6.91. The maximum Gasteiger partial charge on any atom is 0.259 e. The van der Waals surface area contributed by atoms with Gasteiger partial charge in [0.1, 0.15) is 17.9 Å². The van der Waals surface area contributed by atoms with E-state index in [9.17, 15) is 10.1 Å². The number of rotatable bonds is 5. The molecule has 0 spiro atoms. The van der Waals surface area contributed by atoms with Crippen molar-refractivity contribution in [1.82, 2.24) is 9.78 Å². The van der Waals surface area contributed by atoms with Gasteiger partial charge in [0.25, 0.3) is 5.91 Å². The lowest BCUT2D eigenvalue weighted by atomic mass is 10.1. The average molecular weight is 423 g/mol. The van der Waals surface area contributed by atoms with Gasteiger partial charge < -0.3 is 14.8 Å². The van der Waals surface area contributed by atoms with Crippen LogP contribution in [0, 0.1) is 18.3 Å². The number of nitrogens with one attached hydrogen (secondary N) is 1. The van der Waals surface area contributed by atoms with Gasteiger partial charge in [-0.3, -0.25) is 4.79 Å². The molecule has 1 unspecified atom stereocenters. The molecule has 30 heavy (non-hydrogen) atoms. The van der Waals surface area contributed by atoms with Gasteiger partial charge in [-0.05, 0) is 49.4 Å². The minimum atomic E-state index is -0.311. The molecule has 2 heterocycles. The van der Waals surface area contributed by atoms with Gasteiger partial charge in [-0.25, -0.2) is 4.68 Å². The Kier molecular flexibility index (Phi) is 5.70. The van der Waals surface area contributed by atoms with Crippen LogP contribution >= 0.6 is 11.6 Å². The van der Waals surface area contributed by atoms with E-state index in [0.717, 1.165) is 12.1 Å². The number of nitriles is 1. The van der Waals surface area contributed by atoms with Gasteiger partial charge in [0.15, 0.2) is 0 Å². The molecule has 3 aromatic rings. The minimum Gasteiger partial charge on any atom is -0.487 e. The molecule has 0 saturated carbocycles. The van der Waals surface area contributed by atoms with Crippen LogP contribution in [0.2, 0.25) is 5.02 Å². The Morgan fingerprint density at radius 3 is 2.83 bits per heavy atom. The standard InChI is InChI=1S/C22H19ClN4O3/c1-14-20(12-25-27(14)18-5-2-16(23)3-6-18)22(28)26-17-4-7-21(15(10-17)11-24)30-19-8-9-29-13-19/h2-7,10,12,19H,8-9,13H2,1H3,(H,26,28). The fraction of sp³-hybridized carbons (Fsp3) is 0.227. The molecule has 7 nitrogen and oxygen atoms in total. The zero-order valence-corrected chi connectivity index (χ0v) is 17.0. The van der Waals surface area contributed by atoms with E-state index in [1.165, 1.54) is 6.20 Å². The van der Waals surface area contributed by atoms with E-state index in [1.807, 2.05) is 19.1 Å². The lowest BCUT2D eigenvalue weighted by molar-refractivity contribution is 0.102. The Morgan fingerprint density at radius 2 is 2.13 bits per heavy atom. The molecule has 1 saturated heterocycles. The smallest absolute Gasteiger partial charge is 0.259 e. The van der Waals surface area contributed by atoms with Crippen LogP contribution < -0.4 is 10.1 Å². The summed E-state index contributed by atoms with van der Waals surface area (Å²) in [6.45, 7) is 2.99. The molecular weight excluding hydrogens is 404 g/mol. The van der Waals surface area contributed by atoms with Gasteiger partial charge in [0.2, 0.25) is 0 Å². The number of amides is 1. The summed E-state index contributed by atoms with van der Waals surface area (Å²) in [4.78, 5) is 12.8. The highest BCUT2D eigenvalue weighted by molar-refractivity contribution is 6.30. The van der Waals surface area contributed by atoms with Crippen LogP contribution in [-0.2, 0) is 4.74 Å². The van der Waals surface area contributed by atoms with E-state index < -0.39 is 0 Å². The first kappa shape index (κ1) is 20.0. The fourth-order valence-corrected chi connectivity index (χ4v) is 3.38. The van der Waals surface area contributed by atoms with Gasteiger partial charge >= 0.3 is 0 Å². The van der Waals surface area contributed by atoms with Crippen LogP contribution in [0.25, 0.3) is 5.69 Å². The molecule has 2 aromatic carbocycles. The van der Waals surface area contributed by atoms with Gasteiger partial charge in [-0.15, -0.1) is 0 Å². The van der Waals surface area contributed by atoms with Crippen LogP contribution in [0.15, 0.2) is 48.7 Å². The Bertz CT molecular complexity index is 1110. The highest BCUT2D eigenvalue weighted by Gasteiger charge is 2.20. The van der Waals surface area contributed by atoms with Crippen molar-refractivity contribution in [2.75, 3.05) is 18.5 Å². The molecule has 1 aromatic heterocycles. The third-order valence-electron chi connectivity index (χ3n) is 4.87. The fourth-order valence-electron chi connectivity index (χ4n) is 3.26. The summed E-state index contributed by atoms with van der Waals surface area (Å²) in [6.07, 6.45) is 2.25. The van der Waals surface area contributed by atoms with Crippen molar-refractivity contribution in [3.8, 4) is 17.5 Å². The lowest BCUT2D eigenvalue weighted by Crippen LogP contribution is -2.17. The summed E-state index contributed by atoms with van der Waals surface area (Å²) >= 11 is 5.94. The van der Waals surface area contributed by atoms with Gasteiger partial charge in [-0.2, -0.15) is 10.4 Å². The van der Waals surface area contributed by atoms with Crippen LogP contribution in [0.1, 0.15) is 28.0 Å². The van der Waals surface area contributed by atoms with E-state index in [1.54, 1.807) is 35.0 Å². The molecule has 0 aliphatic carbocycles. The Morgan fingerprint density at radius 1 is 1.33 bits per heavy atom. The van der Waals surface area contributed by atoms with Crippen molar-refractivity contribution >= 4 is 23.2 Å². The third kappa shape index (κ3) is 4.15. The monoisotopic (exact) mass is 422 g/mol. The number of carbonyl (C=O) groups is 1. The molecule has 1 amide bonds. The van der Waals surface area contributed by atoms with Crippen molar-refractivity contribution < 1.29 is 14.3 Å². The summed E-state index contributed by atoms with van der Waals surface area (Å²) < 4.78 is 12.8. The van der Waals surface area contributed by atoms with Gasteiger partial charge in [0.05, 0.1) is 41.9 Å². The molecule has 0 bridgehead atoms. The molecule has 0 radical (unpaired) electrons. The molecule has 1 aliphatic rings. The molecular formula is C22H19ClN4O3. The zero-order valence-electron chi connectivity index (χ0n) is 16.3. The first-order valence-corrected chi connectivity index (χ1v) is 9.83. The van der Waals surface area contributed by atoms with E-state index in [0.29, 0.717) is 46.5 Å². The highest BCUT2D eigenvalue weighted by atomic mass is 35.5. The van der Waals surface area contributed by atoms with Gasteiger partial charge in [0, 0.05) is 17.1 Å². The summed E-state index contributed by atoms with van der Waals surface area (Å²) in [5, 5.41) is 17.2. The third-order valence-corrected chi connectivity index (χ3v) is 5.12. The van der Waals surface area contributed by atoms with Crippen LogP contribution in [0.4, 0.5) is 5.69 Å². The number of anilines is 1. The zero-order chi connectivity index (χ0) is 21.1. The summed E-state index contributed by atoms with van der Waals surface area (Å²) in [5.41, 5.74) is 2.79. The topological polar surface area (TPSA) is 89.2 Å². The number of halogens is 1. The number of hydrogen-bond donors (Lipinski definition) is 1. The summed E-state index contributed by atoms with van der Waals surface area (Å²) in [7, 11) is 0. The first-order chi connectivity index (χ1) is 14.5. The molecule has 152 valence electrons. The summed E-state index contributed by atoms with van der Waals surface area (Å²) in [6, 6.07) is 14.3. The van der Waals surface area contributed by atoms with Crippen molar-refractivity contribution in [2.24, 2.45) is 0 Å². The van der Waals surface area contributed by atoms with Crippen molar-refractivity contribution in [3.05, 3.63) is 70.5 Å².